The van der Waals surface area contributed by atoms with Gasteiger partial charge in [0, 0.05) is 8.22 Å². The van der Waals surface area contributed by atoms with Crippen molar-refractivity contribution >= 4 is 0 Å². The molecule has 0 amide bonds. The van der Waals surface area contributed by atoms with E-state index >= 15 is 0 Å². The maximum atomic E-state index is 9.83. The smallest absolute Gasteiger partial charge is 0.0606 e. The molecule has 0 aliphatic rings. The molecule has 56 valence electrons. The summed E-state index contributed by atoms with van der Waals surface area (Å²) in [4.78, 5) is 0. The summed E-state index contributed by atoms with van der Waals surface area (Å²) in [6.45, 7) is 1.39. The first-order chi connectivity index (χ1) is 6.65. The molecule has 0 rings (SSSR count). The fourth-order valence-electron chi connectivity index (χ4n) is 0.285. The van der Waals surface area contributed by atoms with Gasteiger partial charge >= 0.3 is 0 Å². The van der Waals surface area contributed by atoms with Crippen molar-refractivity contribution in [1.82, 2.24) is 0 Å². The van der Waals surface area contributed by atoms with E-state index in [1.54, 1.807) is 0 Å². The van der Waals surface area contributed by atoms with Crippen LogP contribution in [0.4, 0.5) is 0 Å². The largest absolute Gasteiger partial charge is 0.393 e. The molecule has 0 aromatic rings. The van der Waals surface area contributed by atoms with Gasteiger partial charge in [-0.05, 0) is 11.8 Å². The molecule has 1 heteroatoms. The van der Waals surface area contributed by atoms with E-state index in [9.17, 15) is 5.11 Å². The lowest BCUT2D eigenvalue weighted by Gasteiger charge is -2.25. The predicted molar refractivity (Wildman–Crippen MR) is 40.4 cm³/mol. The molecule has 0 heterocycles. The average molecular weight is 137 g/mol. The van der Waals surface area contributed by atoms with Gasteiger partial charge in [-0.3, -0.25) is 0 Å². The van der Waals surface area contributed by atoms with E-state index in [1.807, 2.05) is 0 Å². The zero-order chi connectivity index (χ0) is 13.6. The van der Waals surface area contributed by atoms with Gasteiger partial charge in [0.25, 0.3) is 0 Å². The Kier molecular flexibility index (Phi) is 0.905. The topological polar surface area (TPSA) is 20.2 Å². The second-order valence-electron chi connectivity index (χ2n) is 2.89. The van der Waals surface area contributed by atoms with Crippen LogP contribution in [-0.2, 0) is 0 Å². The van der Waals surface area contributed by atoms with Crippen molar-refractivity contribution in [2.45, 2.75) is 46.5 Å². The van der Waals surface area contributed by atoms with Crippen LogP contribution in [-0.4, -0.2) is 11.2 Å². The SMILES string of the molecule is [2H]C(C([2H])([2H])[2H])C([2H])([2H])C([2H])(O)C(C)(C)C. The molecule has 0 aliphatic carbocycles. The van der Waals surface area contributed by atoms with Gasteiger partial charge in [-0.1, -0.05) is 34.0 Å². The lowest BCUT2D eigenvalue weighted by Crippen LogP contribution is -2.25. The van der Waals surface area contributed by atoms with Crippen LogP contribution in [0.5, 0.6) is 0 Å². The summed E-state index contributed by atoms with van der Waals surface area (Å²) in [7, 11) is 0. The first-order valence-corrected chi connectivity index (χ1v) is 2.80. The molecule has 0 spiro atoms. The third-order valence-electron chi connectivity index (χ3n) is 0.919. The molecule has 0 aromatic heterocycles. The molecule has 2 atom stereocenters. The molecule has 0 radical (unpaired) electrons. The summed E-state index contributed by atoms with van der Waals surface area (Å²) in [5.74, 6) is 0. The van der Waals surface area contributed by atoms with Crippen LogP contribution in [0.3, 0.4) is 0 Å². The molecule has 0 saturated carbocycles. The van der Waals surface area contributed by atoms with Crippen LogP contribution in [0.1, 0.15) is 50.0 Å². The highest BCUT2D eigenvalue weighted by atomic mass is 16.3. The Morgan fingerprint density at radius 2 is 2.33 bits per heavy atom. The van der Waals surface area contributed by atoms with Crippen LogP contribution in [0.25, 0.3) is 0 Å². The Balaban J connectivity index is 5.37. The average Bonchev–Trinajstić information content (AvgIpc) is 1.98. The lowest BCUT2D eigenvalue weighted by molar-refractivity contribution is 0.0551. The van der Waals surface area contributed by atoms with Gasteiger partial charge < -0.3 is 5.11 Å². The Labute approximate surface area is 67.9 Å². The van der Waals surface area contributed by atoms with Crippen molar-refractivity contribution in [1.29, 1.82) is 0 Å². The van der Waals surface area contributed by atoms with Gasteiger partial charge in [0.1, 0.15) is 0 Å². The lowest BCUT2D eigenvalue weighted by atomic mass is 9.87. The minimum Gasteiger partial charge on any atom is -0.393 e. The monoisotopic (exact) mass is 137 g/mol. The summed E-state index contributed by atoms with van der Waals surface area (Å²) in [5, 5.41) is 9.83. The van der Waals surface area contributed by atoms with Crippen LogP contribution in [0, 0.1) is 5.41 Å². The Hall–Kier alpha value is -0.0400. The maximum Gasteiger partial charge on any atom is 0.0606 e. The second-order valence-corrected chi connectivity index (χ2v) is 2.89. The summed E-state index contributed by atoms with van der Waals surface area (Å²) in [6.07, 6.45) is -7.67. The van der Waals surface area contributed by atoms with Gasteiger partial charge in [0.05, 0.1) is 7.45 Å². The van der Waals surface area contributed by atoms with Gasteiger partial charge in [-0.25, -0.2) is 0 Å². The Morgan fingerprint density at radius 1 is 1.78 bits per heavy atom. The first-order valence-electron chi connectivity index (χ1n) is 6.38. The second kappa shape index (κ2) is 3.21. The highest BCUT2D eigenvalue weighted by Gasteiger charge is 2.20. The van der Waals surface area contributed by atoms with Crippen molar-refractivity contribution < 1.29 is 14.7 Å². The van der Waals surface area contributed by atoms with Crippen molar-refractivity contribution in [2.75, 3.05) is 0 Å². The van der Waals surface area contributed by atoms with E-state index in [0.29, 0.717) is 0 Å². The minimum atomic E-state index is -2.87. The molecular formula is C8H18O. The van der Waals surface area contributed by atoms with Crippen molar-refractivity contribution in [3.63, 3.8) is 0 Å². The van der Waals surface area contributed by atoms with E-state index in [0.717, 1.165) is 0 Å². The Morgan fingerprint density at radius 3 is 2.67 bits per heavy atom. The quantitative estimate of drug-likeness (QED) is 0.618. The summed E-state index contributed by atoms with van der Waals surface area (Å²) in [5.41, 5.74) is -1.19. The summed E-state index contributed by atoms with van der Waals surface area (Å²) in [6, 6.07) is 0. The number of aliphatic hydroxyl groups is 1. The Bertz CT molecular complexity index is 250. The summed E-state index contributed by atoms with van der Waals surface area (Å²) < 4.78 is 51.0. The number of rotatable bonds is 2. The fraction of sp³-hybridized carbons (Fsp3) is 1.00. The summed E-state index contributed by atoms with van der Waals surface area (Å²) >= 11 is 0. The van der Waals surface area contributed by atoms with Crippen LogP contribution < -0.4 is 0 Å². The molecule has 0 saturated heterocycles. The standard InChI is InChI=1S/C8H18O/c1-5-6-7(9)8(2,3)4/h7,9H,5-6H2,1-4H3/i1D3,5D,6D2,7D. The molecule has 0 aromatic carbocycles. The normalized spacial score (nSPS) is 37.1. The van der Waals surface area contributed by atoms with E-state index in [2.05, 4.69) is 0 Å². The third kappa shape index (κ3) is 3.52. The molecular weight excluding hydrogens is 112 g/mol. The molecule has 0 aliphatic heterocycles. The van der Waals surface area contributed by atoms with Crippen molar-refractivity contribution in [3.05, 3.63) is 0 Å². The molecule has 2 unspecified atom stereocenters. The van der Waals surface area contributed by atoms with Gasteiger partial charge in [0.2, 0.25) is 0 Å². The van der Waals surface area contributed by atoms with Crippen LogP contribution in [0.2, 0.25) is 0 Å². The molecule has 1 nitrogen and oxygen atoms in total. The van der Waals surface area contributed by atoms with Gasteiger partial charge in [0.15, 0.2) is 0 Å². The fourth-order valence-corrected chi connectivity index (χ4v) is 0.285. The van der Waals surface area contributed by atoms with Crippen molar-refractivity contribution in [3.8, 4) is 0 Å². The number of hydrogen-bond acceptors (Lipinski definition) is 1. The van der Waals surface area contributed by atoms with Crippen molar-refractivity contribution in [2.24, 2.45) is 5.41 Å². The van der Waals surface area contributed by atoms with E-state index in [4.69, 9.17) is 9.60 Å². The third-order valence-corrected chi connectivity index (χ3v) is 0.919. The van der Waals surface area contributed by atoms with E-state index in [1.165, 1.54) is 20.8 Å². The van der Waals surface area contributed by atoms with Gasteiger partial charge in [-0.2, -0.15) is 0 Å². The number of hydrogen-bond donors (Lipinski definition) is 1. The van der Waals surface area contributed by atoms with Gasteiger partial charge in [-0.15, -0.1) is 0 Å². The van der Waals surface area contributed by atoms with Crippen LogP contribution in [0.15, 0.2) is 0 Å². The highest BCUT2D eigenvalue weighted by Crippen LogP contribution is 2.21. The predicted octanol–water partition coefficient (Wildman–Crippen LogP) is 2.19. The molecule has 0 bridgehead atoms. The van der Waals surface area contributed by atoms with Crippen LogP contribution >= 0.6 is 0 Å². The molecule has 0 fully saturated rings. The van der Waals surface area contributed by atoms with E-state index in [-0.39, 0.29) is 0 Å². The van der Waals surface area contributed by atoms with E-state index < -0.39 is 31.1 Å². The molecule has 1 N–H and O–H groups in total. The zero-order valence-electron chi connectivity index (χ0n) is 13.0. The maximum absolute atomic E-state index is 9.83. The molecule has 9 heavy (non-hydrogen) atoms. The highest BCUT2D eigenvalue weighted by molar-refractivity contribution is 4.71. The minimum absolute atomic E-state index is 1.19. The first kappa shape index (κ1) is 2.54. The zero-order valence-corrected chi connectivity index (χ0v) is 6.02.